The zero-order valence-electron chi connectivity index (χ0n) is 7.45. The van der Waals surface area contributed by atoms with Crippen LogP contribution in [0.5, 0.6) is 0 Å². The van der Waals surface area contributed by atoms with Gasteiger partial charge >= 0.3 is 6.18 Å². The van der Waals surface area contributed by atoms with Gasteiger partial charge in [-0.3, -0.25) is 0 Å². The van der Waals surface area contributed by atoms with Crippen LogP contribution >= 0.6 is 15.9 Å². The van der Waals surface area contributed by atoms with Crippen molar-refractivity contribution in [1.29, 1.82) is 0 Å². The van der Waals surface area contributed by atoms with Crippen molar-refractivity contribution in [3.8, 4) is 0 Å². The van der Waals surface area contributed by atoms with E-state index in [1.165, 1.54) is 6.07 Å². The normalized spacial score (nSPS) is 11.9. The summed E-state index contributed by atoms with van der Waals surface area (Å²) >= 11 is 2.93. The molecular formula is C9H9BrF3N. The maximum absolute atomic E-state index is 12.4. The predicted octanol–water partition coefficient (Wildman–Crippen LogP) is 3.24. The summed E-state index contributed by atoms with van der Waals surface area (Å²) in [5, 5.41) is 0. The van der Waals surface area contributed by atoms with Crippen LogP contribution in [0.25, 0.3) is 0 Å². The second kappa shape index (κ2) is 3.90. The van der Waals surface area contributed by atoms with Gasteiger partial charge < -0.3 is 5.73 Å². The van der Waals surface area contributed by atoms with Crippen LogP contribution in [0.4, 0.5) is 13.2 Å². The molecule has 14 heavy (non-hydrogen) atoms. The van der Waals surface area contributed by atoms with Gasteiger partial charge in [-0.1, -0.05) is 6.07 Å². The number of nitrogens with two attached hydrogens (primary N) is 1. The first kappa shape index (κ1) is 11.5. The van der Waals surface area contributed by atoms with E-state index in [9.17, 15) is 13.2 Å². The first-order valence-electron chi connectivity index (χ1n) is 3.93. The quantitative estimate of drug-likeness (QED) is 0.831. The van der Waals surface area contributed by atoms with E-state index in [-0.39, 0.29) is 11.0 Å². The van der Waals surface area contributed by atoms with Crippen LogP contribution in [0.2, 0.25) is 0 Å². The Morgan fingerprint density at radius 1 is 1.36 bits per heavy atom. The number of aryl methyl sites for hydroxylation is 1. The Hall–Kier alpha value is -0.550. The lowest BCUT2D eigenvalue weighted by Gasteiger charge is -2.13. The Morgan fingerprint density at radius 2 is 1.93 bits per heavy atom. The van der Waals surface area contributed by atoms with Crippen LogP contribution in [-0.2, 0) is 12.7 Å². The first-order valence-corrected chi connectivity index (χ1v) is 4.72. The number of rotatable bonds is 1. The van der Waals surface area contributed by atoms with Crippen LogP contribution < -0.4 is 5.73 Å². The maximum atomic E-state index is 12.4. The van der Waals surface area contributed by atoms with Gasteiger partial charge in [-0.05, 0) is 40.0 Å². The molecule has 0 amide bonds. The molecule has 0 atom stereocenters. The molecule has 5 heteroatoms. The average Bonchev–Trinajstić information content (AvgIpc) is 2.02. The monoisotopic (exact) mass is 267 g/mol. The second-order valence-electron chi connectivity index (χ2n) is 2.92. The molecule has 0 heterocycles. The van der Waals surface area contributed by atoms with Crippen LogP contribution in [-0.4, -0.2) is 0 Å². The molecule has 0 unspecified atom stereocenters. The van der Waals surface area contributed by atoms with Crippen molar-refractivity contribution in [3.63, 3.8) is 0 Å². The summed E-state index contributed by atoms with van der Waals surface area (Å²) in [6.07, 6.45) is -4.34. The number of hydrogen-bond acceptors (Lipinski definition) is 1. The topological polar surface area (TPSA) is 26.0 Å². The highest BCUT2D eigenvalue weighted by molar-refractivity contribution is 9.10. The summed E-state index contributed by atoms with van der Waals surface area (Å²) in [6, 6.07) is 2.48. The fourth-order valence-corrected chi connectivity index (χ4v) is 2.02. The first-order chi connectivity index (χ1) is 6.38. The van der Waals surface area contributed by atoms with Gasteiger partial charge in [0.1, 0.15) is 0 Å². The molecule has 0 aliphatic rings. The molecular weight excluding hydrogens is 259 g/mol. The van der Waals surface area contributed by atoms with Crippen molar-refractivity contribution in [3.05, 3.63) is 33.3 Å². The van der Waals surface area contributed by atoms with Gasteiger partial charge in [-0.2, -0.15) is 13.2 Å². The van der Waals surface area contributed by atoms with Crippen molar-refractivity contribution < 1.29 is 13.2 Å². The zero-order valence-corrected chi connectivity index (χ0v) is 9.04. The minimum atomic E-state index is -4.34. The van der Waals surface area contributed by atoms with Crippen LogP contribution in [0.3, 0.4) is 0 Å². The van der Waals surface area contributed by atoms with Crippen LogP contribution in [0.1, 0.15) is 16.7 Å². The lowest BCUT2D eigenvalue weighted by atomic mass is 10.0. The molecule has 0 aliphatic heterocycles. The van der Waals surface area contributed by atoms with Gasteiger partial charge in [0.05, 0.1) is 5.56 Å². The summed E-state index contributed by atoms with van der Waals surface area (Å²) in [5.41, 5.74) is 5.95. The smallest absolute Gasteiger partial charge is 0.326 e. The lowest BCUT2D eigenvalue weighted by Crippen LogP contribution is -2.10. The third-order valence-corrected chi connectivity index (χ3v) is 2.89. The molecule has 78 valence electrons. The maximum Gasteiger partial charge on any atom is 0.417 e. The largest absolute Gasteiger partial charge is 0.417 e. The molecule has 1 aromatic rings. The van der Waals surface area contributed by atoms with Gasteiger partial charge in [0, 0.05) is 11.0 Å². The molecule has 0 aliphatic carbocycles. The molecule has 0 bridgehead atoms. The third-order valence-electron chi connectivity index (χ3n) is 1.99. The van der Waals surface area contributed by atoms with Gasteiger partial charge in [-0.15, -0.1) is 0 Å². The molecule has 1 aromatic carbocycles. The van der Waals surface area contributed by atoms with Crippen molar-refractivity contribution in [2.75, 3.05) is 0 Å². The van der Waals surface area contributed by atoms with Crippen LogP contribution in [0, 0.1) is 6.92 Å². The van der Waals surface area contributed by atoms with E-state index in [0.717, 1.165) is 11.6 Å². The molecule has 1 nitrogen and oxygen atoms in total. The molecule has 0 saturated heterocycles. The Labute approximate surface area is 88.2 Å². The van der Waals surface area contributed by atoms with E-state index in [1.807, 2.05) is 0 Å². The summed E-state index contributed by atoms with van der Waals surface area (Å²) in [4.78, 5) is 0. The minimum absolute atomic E-state index is 0.0486. The molecule has 0 radical (unpaired) electrons. The standard InChI is InChI=1S/C9H9BrF3N/c1-5-2-3-7(9(11,12)13)8(10)6(5)4-14/h2-3H,4,14H2,1H3. The molecule has 0 spiro atoms. The highest BCUT2D eigenvalue weighted by atomic mass is 79.9. The fourth-order valence-electron chi connectivity index (χ4n) is 1.19. The Bertz CT molecular complexity index is 347. The Morgan fingerprint density at radius 3 is 2.36 bits per heavy atom. The number of benzene rings is 1. The van der Waals surface area contributed by atoms with Crippen molar-refractivity contribution in [2.24, 2.45) is 5.73 Å². The SMILES string of the molecule is Cc1ccc(C(F)(F)F)c(Br)c1CN. The van der Waals surface area contributed by atoms with E-state index >= 15 is 0 Å². The van der Waals surface area contributed by atoms with Gasteiger partial charge in [0.2, 0.25) is 0 Å². The summed E-state index contributed by atoms with van der Waals surface area (Å²) in [6.45, 7) is 1.82. The number of halogens is 4. The Kier molecular flexibility index (Phi) is 3.21. The fraction of sp³-hybridized carbons (Fsp3) is 0.333. The van der Waals surface area contributed by atoms with E-state index in [1.54, 1.807) is 6.92 Å². The van der Waals surface area contributed by atoms with Crippen LogP contribution in [0.15, 0.2) is 16.6 Å². The second-order valence-corrected chi connectivity index (χ2v) is 3.72. The molecule has 2 N–H and O–H groups in total. The molecule has 0 fully saturated rings. The predicted molar refractivity (Wildman–Crippen MR) is 51.8 cm³/mol. The summed E-state index contributed by atoms with van der Waals surface area (Å²) < 4.78 is 37.3. The molecule has 0 saturated carbocycles. The number of hydrogen-bond donors (Lipinski definition) is 1. The van der Waals surface area contributed by atoms with E-state index in [2.05, 4.69) is 15.9 Å². The van der Waals surface area contributed by atoms with Gasteiger partial charge in [0.15, 0.2) is 0 Å². The van der Waals surface area contributed by atoms with E-state index in [4.69, 9.17) is 5.73 Å². The van der Waals surface area contributed by atoms with Crippen molar-refractivity contribution in [1.82, 2.24) is 0 Å². The Balaban J connectivity index is 3.36. The zero-order chi connectivity index (χ0) is 10.9. The van der Waals surface area contributed by atoms with E-state index < -0.39 is 11.7 Å². The van der Waals surface area contributed by atoms with Gasteiger partial charge in [-0.25, -0.2) is 0 Å². The van der Waals surface area contributed by atoms with Gasteiger partial charge in [0.25, 0.3) is 0 Å². The average molecular weight is 268 g/mol. The highest BCUT2D eigenvalue weighted by Crippen LogP contribution is 2.37. The van der Waals surface area contributed by atoms with Crippen molar-refractivity contribution in [2.45, 2.75) is 19.6 Å². The van der Waals surface area contributed by atoms with E-state index in [0.29, 0.717) is 5.56 Å². The lowest BCUT2D eigenvalue weighted by molar-refractivity contribution is -0.138. The molecule has 0 aromatic heterocycles. The number of alkyl halides is 3. The summed E-state index contributed by atoms with van der Waals surface area (Å²) in [7, 11) is 0. The third kappa shape index (κ3) is 2.09. The molecule has 1 rings (SSSR count). The highest BCUT2D eigenvalue weighted by Gasteiger charge is 2.33. The minimum Gasteiger partial charge on any atom is -0.326 e. The van der Waals surface area contributed by atoms with Crippen molar-refractivity contribution >= 4 is 15.9 Å². The summed E-state index contributed by atoms with van der Waals surface area (Å²) in [5.74, 6) is 0.